The largest absolute Gasteiger partial charge is 0.370 e. The summed E-state index contributed by atoms with van der Waals surface area (Å²) in [6.45, 7) is 5.02. The van der Waals surface area contributed by atoms with Gasteiger partial charge in [-0.3, -0.25) is 5.32 Å². The third-order valence-electron chi connectivity index (χ3n) is 5.38. The van der Waals surface area contributed by atoms with Crippen molar-refractivity contribution in [1.29, 1.82) is 0 Å². The molecule has 0 spiro atoms. The average molecular weight is 405 g/mol. The van der Waals surface area contributed by atoms with Gasteiger partial charge >= 0.3 is 6.03 Å². The number of rotatable bonds is 5. The Bertz CT molecular complexity index is 1040. The van der Waals surface area contributed by atoms with E-state index >= 15 is 0 Å². The zero-order valence-corrected chi connectivity index (χ0v) is 17.5. The molecular weight excluding hydrogens is 376 g/mol. The molecule has 1 aliphatic heterocycles. The number of hydrogen-bond donors (Lipinski definition) is 3. The Kier molecular flexibility index (Phi) is 6.09. The highest BCUT2D eigenvalue weighted by Gasteiger charge is 2.17. The number of carbonyl (C=O) groups excluding carboxylic acids is 1. The van der Waals surface area contributed by atoms with Gasteiger partial charge in [0.1, 0.15) is 5.82 Å². The molecule has 1 unspecified atom stereocenters. The number of piperidine rings is 1. The summed E-state index contributed by atoms with van der Waals surface area (Å²) in [5.41, 5.74) is 1.52. The van der Waals surface area contributed by atoms with E-state index in [0.29, 0.717) is 5.92 Å². The van der Waals surface area contributed by atoms with Crippen LogP contribution in [-0.2, 0) is 0 Å². The molecule has 1 aliphatic rings. The first-order chi connectivity index (χ1) is 14.5. The number of amides is 2. The number of urea groups is 1. The summed E-state index contributed by atoms with van der Waals surface area (Å²) in [5, 5.41) is 11.2. The van der Waals surface area contributed by atoms with E-state index in [1.165, 1.54) is 19.4 Å². The highest BCUT2D eigenvalue weighted by Crippen LogP contribution is 2.20. The van der Waals surface area contributed by atoms with Crippen LogP contribution < -0.4 is 16.0 Å². The van der Waals surface area contributed by atoms with Crippen LogP contribution in [0.2, 0.25) is 0 Å². The fourth-order valence-corrected chi connectivity index (χ4v) is 3.93. The van der Waals surface area contributed by atoms with Crippen molar-refractivity contribution < 1.29 is 4.79 Å². The third kappa shape index (κ3) is 5.24. The number of anilines is 3. The second-order valence-corrected chi connectivity index (χ2v) is 8.01. The smallest absolute Gasteiger partial charge is 0.326 e. The van der Waals surface area contributed by atoms with E-state index in [1.807, 2.05) is 55.5 Å². The lowest BCUT2D eigenvalue weighted by molar-refractivity contribution is 0.217. The molecule has 0 radical (unpaired) electrons. The maximum atomic E-state index is 12.5. The Labute approximate surface area is 176 Å². The molecule has 7 nitrogen and oxygen atoms in total. The number of likely N-dealkylation sites (tertiary alicyclic amines) is 1. The molecule has 156 valence electrons. The molecule has 2 amide bonds. The number of aryl methyl sites for hydroxylation is 1. The number of nitrogens with zero attached hydrogens (tertiary/aromatic N) is 3. The first-order valence-corrected chi connectivity index (χ1v) is 10.4. The van der Waals surface area contributed by atoms with Crippen LogP contribution >= 0.6 is 0 Å². The van der Waals surface area contributed by atoms with E-state index in [0.717, 1.165) is 41.1 Å². The first-order valence-electron chi connectivity index (χ1n) is 10.4. The average Bonchev–Trinajstić information content (AvgIpc) is 2.72. The van der Waals surface area contributed by atoms with Gasteiger partial charge in [-0.1, -0.05) is 30.3 Å². The fraction of sp³-hybridized carbons (Fsp3) is 0.348. The van der Waals surface area contributed by atoms with Crippen molar-refractivity contribution in [2.75, 3.05) is 42.6 Å². The predicted molar refractivity (Wildman–Crippen MR) is 122 cm³/mol. The van der Waals surface area contributed by atoms with Crippen LogP contribution in [0.3, 0.4) is 0 Å². The van der Waals surface area contributed by atoms with Gasteiger partial charge in [0.05, 0.1) is 0 Å². The fourth-order valence-electron chi connectivity index (χ4n) is 3.93. The zero-order valence-electron chi connectivity index (χ0n) is 17.5. The van der Waals surface area contributed by atoms with E-state index in [-0.39, 0.29) is 12.0 Å². The Morgan fingerprint density at radius 3 is 2.77 bits per heavy atom. The summed E-state index contributed by atoms with van der Waals surface area (Å²) in [7, 11) is 2.16. The van der Waals surface area contributed by atoms with E-state index in [9.17, 15) is 4.79 Å². The second kappa shape index (κ2) is 9.09. The Balaban J connectivity index is 1.37. The standard InChI is InChI=1S/C23H28N6O/c1-16-12-21(24-14-17-6-5-11-29(2)15-17)27-22(25-16)28-23(30)26-20-10-9-18-7-3-4-8-19(18)13-20/h3-4,7-10,12-13,17H,5-6,11,14-15H2,1-2H3,(H3,24,25,26,27,28,30). The van der Waals surface area contributed by atoms with Gasteiger partial charge in [-0.15, -0.1) is 0 Å². The summed E-state index contributed by atoms with van der Waals surface area (Å²) >= 11 is 0. The molecule has 1 aromatic heterocycles. The highest BCUT2D eigenvalue weighted by molar-refractivity contribution is 6.00. The molecule has 30 heavy (non-hydrogen) atoms. The maximum Gasteiger partial charge on any atom is 0.326 e. The van der Waals surface area contributed by atoms with Gasteiger partial charge in [0.25, 0.3) is 0 Å². The SMILES string of the molecule is Cc1cc(NCC2CCCN(C)C2)nc(NC(=O)Nc2ccc3ccccc3c2)n1. The van der Waals surface area contributed by atoms with Crippen molar-refractivity contribution in [3.8, 4) is 0 Å². The minimum absolute atomic E-state index is 0.288. The number of carbonyl (C=O) groups is 1. The monoisotopic (exact) mass is 404 g/mol. The van der Waals surface area contributed by atoms with Gasteiger partial charge in [0.2, 0.25) is 5.95 Å². The quantitative estimate of drug-likeness (QED) is 0.589. The van der Waals surface area contributed by atoms with Crippen LogP contribution in [0.15, 0.2) is 48.5 Å². The number of nitrogens with one attached hydrogen (secondary N) is 3. The predicted octanol–water partition coefficient (Wildman–Crippen LogP) is 4.34. The lowest BCUT2D eigenvalue weighted by Crippen LogP contribution is -2.35. The first kappa shape index (κ1) is 20.1. The molecule has 1 fully saturated rings. The molecule has 0 saturated carbocycles. The van der Waals surface area contributed by atoms with Gasteiger partial charge in [-0.05, 0) is 62.2 Å². The van der Waals surface area contributed by atoms with Crippen molar-refractivity contribution in [3.05, 3.63) is 54.2 Å². The van der Waals surface area contributed by atoms with Gasteiger partial charge in [0, 0.05) is 30.5 Å². The summed E-state index contributed by atoms with van der Waals surface area (Å²) in [4.78, 5) is 23.6. The summed E-state index contributed by atoms with van der Waals surface area (Å²) in [6, 6.07) is 15.4. The Morgan fingerprint density at radius 2 is 1.93 bits per heavy atom. The van der Waals surface area contributed by atoms with E-state index in [1.54, 1.807) is 0 Å². The Morgan fingerprint density at radius 1 is 1.10 bits per heavy atom. The van der Waals surface area contributed by atoms with Crippen LogP contribution in [0.25, 0.3) is 10.8 Å². The minimum Gasteiger partial charge on any atom is -0.370 e. The van der Waals surface area contributed by atoms with Crippen molar-refractivity contribution in [2.24, 2.45) is 5.92 Å². The van der Waals surface area contributed by atoms with Gasteiger partial charge < -0.3 is 15.5 Å². The molecule has 1 saturated heterocycles. The molecular formula is C23H28N6O. The molecule has 3 aromatic rings. The van der Waals surface area contributed by atoms with Gasteiger partial charge in [-0.2, -0.15) is 4.98 Å². The summed E-state index contributed by atoms with van der Waals surface area (Å²) in [6.07, 6.45) is 2.45. The van der Waals surface area contributed by atoms with Crippen molar-refractivity contribution >= 4 is 34.3 Å². The minimum atomic E-state index is -0.365. The normalized spacial score (nSPS) is 16.9. The zero-order chi connectivity index (χ0) is 20.9. The molecule has 0 aliphatic carbocycles. The second-order valence-electron chi connectivity index (χ2n) is 8.01. The van der Waals surface area contributed by atoms with E-state index in [2.05, 4.69) is 37.9 Å². The lowest BCUT2D eigenvalue weighted by Gasteiger charge is -2.29. The van der Waals surface area contributed by atoms with Crippen LogP contribution in [0.1, 0.15) is 18.5 Å². The Hall–Kier alpha value is -3.19. The van der Waals surface area contributed by atoms with Gasteiger partial charge in [0.15, 0.2) is 0 Å². The van der Waals surface area contributed by atoms with Gasteiger partial charge in [-0.25, -0.2) is 9.78 Å². The van der Waals surface area contributed by atoms with Crippen molar-refractivity contribution in [2.45, 2.75) is 19.8 Å². The van der Waals surface area contributed by atoms with Crippen LogP contribution in [-0.4, -0.2) is 47.6 Å². The molecule has 1 atom stereocenters. The molecule has 0 bridgehead atoms. The summed E-state index contributed by atoms with van der Waals surface area (Å²) in [5.74, 6) is 1.62. The van der Waals surface area contributed by atoms with Crippen LogP contribution in [0.4, 0.5) is 22.2 Å². The number of hydrogen-bond acceptors (Lipinski definition) is 5. The maximum absolute atomic E-state index is 12.5. The molecule has 2 aromatic carbocycles. The lowest BCUT2D eigenvalue weighted by atomic mass is 9.98. The van der Waals surface area contributed by atoms with E-state index < -0.39 is 0 Å². The van der Waals surface area contributed by atoms with Crippen LogP contribution in [0.5, 0.6) is 0 Å². The number of benzene rings is 2. The summed E-state index contributed by atoms with van der Waals surface area (Å²) < 4.78 is 0. The molecule has 4 rings (SSSR count). The van der Waals surface area contributed by atoms with Crippen molar-refractivity contribution in [1.82, 2.24) is 14.9 Å². The van der Waals surface area contributed by atoms with Crippen LogP contribution in [0, 0.1) is 12.8 Å². The van der Waals surface area contributed by atoms with E-state index in [4.69, 9.17) is 0 Å². The molecule has 7 heteroatoms. The third-order valence-corrected chi connectivity index (χ3v) is 5.38. The topological polar surface area (TPSA) is 82.2 Å². The van der Waals surface area contributed by atoms with Crippen molar-refractivity contribution in [3.63, 3.8) is 0 Å². The molecule has 3 N–H and O–H groups in total. The number of aromatic nitrogens is 2. The highest BCUT2D eigenvalue weighted by atomic mass is 16.2. The number of fused-ring (bicyclic) bond motifs is 1. The molecule has 2 heterocycles.